The van der Waals surface area contributed by atoms with Gasteiger partial charge in [0.15, 0.2) is 0 Å². The number of aldehydes is 1. The van der Waals surface area contributed by atoms with E-state index in [1.165, 1.54) is 0 Å². The van der Waals surface area contributed by atoms with E-state index >= 15 is 0 Å². The Morgan fingerprint density at radius 1 is 1.47 bits per heavy atom. The molecule has 0 amide bonds. The maximum Gasteiger partial charge on any atom is 0.333 e. The highest BCUT2D eigenvalue weighted by Crippen LogP contribution is 2.33. The lowest BCUT2D eigenvalue weighted by atomic mass is 9.76. The zero-order valence-corrected chi connectivity index (χ0v) is 9.20. The van der Waals surface area contributed by atoms with Gasteiger partial charge in [0.1, 0.15) is 6.29 Å². The van der Waals surface area contributed by atoms with Crippen molar-refractivity contribution in [1.29, 1.82) is 0 Å². The monoisotopic (exact) mass is 210 g/mol. The van der Waals surface area contributed by atoms with Crippen molar-refractivity contribution >= 4 is 12.3 Å². The van der Waals surface area contributed by atoms with Gasteiger partial charge in [-0.25, -0.2) is 4.79 Å². The van der Waals surface area contributed by atoms with Crippen LogP contribution in [0.25, 0.3) is 0 Å². The van der Waals surface area contributed by atoms with E-state index in [4.69, 9.17) is 4.74 Å². The highest BCUT2D eigenvalue weighted by Gasteiger charge is 2.30. The third-order valence-electron chi connectivity index (χ3n) is 2.98. The molecule has 1 fully saturated rings. The van der Waals surface area contributed by atoms with Crippen molar-refractivity contribution in [2.24, 2.45) is 11.8 Å². The molecule has 15 heavy (non-hydrogen) atoms. The zero-order valence-electron chi connectivity index (χ0n) is 9.20. The summed E-state index contributed by atoms with van der Waals surface area (Å²) in [7, 11) is 0. The van der Waals surface area contributed by atoms with E-state index in [9.17, 15) is 9.59 Å². The molecule has 3 nitrogen and oxygen atoms in total. The molecule has 0 saturated heterocycles. The van der Waals surface area contributed by atoms with Gasteiger partial charge in [0, 0.05) is 11.5 Å². The van der Waals surface area contributed by atoms with E-state index in [0.717, 1.165) is 32.0 Å². The number of hydrogen-bond acceptors (Lipinski definition) is 3. The summed E-state index contributed by atoms with van der Waals surface area (Å²) in [4.78, 5) is 22.3. The highest BCUT2D eigenvalue weighted by molar-refractivity contribution is 5.89. The van der Waals surface area contributed by atoms with Gasteiger partial charge < -0.3 is 9.53 Å². The van der Waals surface area contributed by atoms with E-state index in [2.05, 4.69) is 6.58 Å². The fraction of sp³-hybridized carbons (Fsp3) is 0.667. The number of hydrogen-bond donors (Lipinski definition) is 0. The first-order chi connectivity index (χ1) is 7.20. The van der Waals surface area contributed by atoms with Gasteiger partial charge in [-0.2, -0.15) is 0 Å². The molecule has 0 aromatic carbocycles. The molecule has 0 radical (unpaired) electrons. The summed E-state index contributed by atoms with van der Waals surface area (Å²) < 4.78 is 4.90. The van der Waals surface area contributed by atoms with Crippen molar-refractivity contribution in [2.75, 3.05) is 6.61 Å². The Morgan fingerprint density at radius 3 is 2.73 bits per heavy atom. The molecule has 0 aromatic rings. The molecule has 2 atom stereocenters. The van der Waals surface area contributed by atoms with Crippen molar-refractivity contribution < 1.29 is 14.3 Å². The average Bonchev–Trinajstić information content (AvgIpc) is 2.28. The van der Waals surface area contributed by atoms with Crippen LogP contribution in [0.15, 0.2) is 12.2 Å². The van der Waals surface area contributed by atoms with Gasteiger partial charge in [0.25, 0.3) is 0 Å². The summed E-state index contributed by atoms with van der Waals surface area (Å²) in [6.45, 7) is 5.89. The number of carbonyl (C=O) groups is 2. The summed E-state index contributed by atoms with van der Waals surface area (Å²) in [6, 6.07) is 0. The second kappa shape index (κ2) is 5.69. The summed E-state index contributed by atoms with van der Waals surface area (Å²) in [6.07, 6.45) is 4.82. The third kappa shape index (κ3) is 2.91. The van der Waals surface area contributed by atoms with Crippen LogP contribution < -0.4 is 0 Å². The molecule has 1 rings (SSSR count). The van der Waals surface area contributed by atoms with Crippen LogP contribution in [-0.4, -0.2) is 18.9 Å². The predicted molar refractivity (Wildman–Crippen MR) is 57.3 cm³/mol. The predicted octanol–water partition coefficient (Wildman–Crippen LogP) is 2.11. The Labute approximate surface area is 90.5 Å². The van der Waals surface area contributed by atoms with E-state index in [1.807, 2.05) is 0 Å². The van der Waals surface area contributed by atoms with Gasteiger partial charge in [-0.05, 0) is 25.7 Å². The molecule has 3 heteroatoms. The van der Waals surface area contributed by atoms with Crippen molar-refractivity contribution in [3.63, 3.8) is 0 Å². The largest absolute Gasteiger partial charge is 0.463 e. The summed E-state index contributed by atoms with van der Waals surface area (Å²) in [5.74, 6) is -0.401. The molecule has 0 aromatic heterocycles. The molecule has 0 bridgehead atoms. The summed E-state index contributed by atoms with van der Waals surface area (Å²) in [5.41, 5.74) is 0.466. The van der Waals surface area contributed by atoms with Crippen molar-refractivity contribution in [3.05, 3.63) is 12.2 Å². The van der Waals surface area contributed by atoms with Crippen LogP contribution in [0.5, 0.6) is 0 Å². The van der Waals surface area contributed by atoms with E-state index in [1.54, 1.807) is 6.92 Å². The smallest absolute Gasteiger partial charge is 0.333 e. The summed E-state index contributed by atoms with van der Waals surface area (Å²) >= 11 is 0. The van der Waals surface area contributed by atoms with E-state index in [-0.39, 0.29) is 17.8 Å². The van der Waals surface area contributed by atoms with Gasteiger partial charge in [-0.1, -0.05) is 19.4 Å². The molecular weight excluding hydrogens is 192 g/mol. The molecule has 1 aliphatic carbocycles. The van der Waals surface area contributed by atoms with Crippen molar-refractivity contribution in [1.82, 2.24) is 0 Å². The SMILES string of the molecule is C=C(C(=O)OCC)[C@@H]1CCCC[C@H]1C=O. The second-order valence-corrected chi connectivity index (χ2v) is 3.94. The van der Waals surface area contributed by atoms with Crippen LogP contribution in [0.2, 0.25) is 0 Å². The third-order valence-corrected chi connectivity index (χ3v) is 2.98. The van der Waals surface area contributed by atoms with Crippen LogP contribution in [0.4, 0.5) is 0 Å². The van der Waals surface area contributed by atoms with Crippen LogP contribution in [0.3, 0.4) is 0 Å². The van der Waals surface area contributed by atoms with Gasteiger partial charge in [0.2, 0.25) is 0 Å². The van der Waals surface area contributed by atoms with Gasteiger partial charge >= 0.3 is 5.97 Å². The van der Waals surface area contributed by atoms with Gasteiger partial charge in [-0.15, -0.1) is 0 Å². The summed E-state index contributed by atoms with van der Waals surface area (Å²) in [5, 5.41) is 0. The zero-order chi connectivity index (χ0) is 11.3. The molecule has 1 aliphatic rings. The van der Waals surface area contributed by atoms with Gasteiger partial charge in [0.05, 0.1) is 6.61 Å². The van der Waals surface area contributed by atoms with Crippen LogP contribution in [-0.2, 0) is 14.3 Å². The highest BCUT2D eigenvalue weighted by atomic mass is 16.5. The molecule has 0 heterocycles. The lowest BCUT2D eigenvalue weighted by molar-refractivity contribution is -0.139. The number of carbonyl (C=O) groups excluding carboxylic acids is 2. The topological polar surface area (TPSA) is 43.4 Å². The first-order valence-electron chi connectivity index (χ1n) is 5.52. The second-order valence-electron chi connectivity index (χ2n) is 3.94. The molecule has 84 valence electrons. The van der Waals surface area contributed by atoms with E-state index in [0.29, 0.717) is 12.2 Å². The maximum absolute atomic E-state index is 11.5. The van der Waals surface area contributed by atoms with Crippen LogP contribution in [0.1, 0.15) is 32.6 Å². The van der Waals surface area contributed by atoms with E-state index < -0.39 is 0 Å². The molecule has 0 aliphatic heterocycles. The lowest BCUT2D eigenvalue weighted by Gasteiger charge is -2.28. The molecule has 0 unspecified atom stereocenters. The van der Waals surface area contributed by atoms with Crippen molar-refractivity contribution in [3.8, 4) is 0 Å². The van der Waals surface area contributed by atoms with Crippen molar-refractivity contribution in [2.45, 2.75) is 32.6 Å². The Balaban J connectivity index is 2.63. The minimum atomic E-state index is -0.351. The molecule has 1 saturated carbocycles. The quantitative estimate of drug-likeness (QED) is 0.405. The molecular formula is C12H18O3. The fourth-order valence-electron chi connectivity index (χ4n) is 2.13. The molecule has 0 spiro atoms. The number of esters is 1. The Morgan fingerprint density at radius 2 is 2.13 bits per heavy atom. The lowest BCUT2D eigenvalue weighted by Crippen LogP contribution is -2.26. The Kier molecular flexibility index (Phi) is 4.53. The number of rotatable bonds is 4. The van der Waals surface area contributed by atoms with Gasteiger partial charge in [-0.3, -0.25) is 0 Å². The Hall–Kier alpha value is -1.12. The first-order valence-corrected chi connectivity index (χ1v) is 5.52. The number of ether oxygens (including phenoxy) is 1. The Bertz CT molecular complexity index is 258. The maximum atomic E-state index is 11.5. The minimum absolute atomic E-state index is 0.00435. The first kappa shape index (κ1) is 12.0. The standard InChI is InChI=1S/C12H18O3/c1-3-15-12(14)9(2)11-7-5-4-6-10(11)8-13/h8,10-11H,2-7H2,1H3/t10-,11-/m0/s1. The minimum Gasteiger partial charge on any atom is -0.463 e. The normalized spacial score (nSPS) is 25.7. The van der Waals surface area contributed by atoms with Crippen LogP contribution >= 0.6 is 0 Å². The van der Waals surface area contributed by atoms with Crippen LogP contribution in [0, 0.1) is 11.8 Å². The fourth-order valence-corrected chi connectivity index (χ4v) is 2.13. The average molecular weight is 210 g/mol. The molecule has 0 N–H and O–H groups in total.